The summed E-state index contributed by atoms with van der Waals surface area (Å²) in [6.45, 7) is 0. The Kier molecular flexibility index (Phi) is 2.73. The van der Waals surface area contributed by atoms with Crippen molar-refractivity contribution in [3.63, 3.8) is 0 Å². The molecule has 0 aliphatic carbocycles. The second kappa shape index (κ2) is 3.60. The molecule has 51 valence electrons. The van der Waals surface area contributed by atoms with E-state index < -0.39 is 0 Å². The van der Waals surface area contributed by atoms with Crippen LogP contribution in [0, 0.1) is 0 Å². The van der Waals surface area contributed by atoms with Gasteiger partial charge in [0.1, 0.15) is 0 Å². The van der Waals surface area contributed by atoms with Crippen LogP contribution in [0.15, 0.2) is 18.7 Å². The van der Waals surface area contributed by atoms with Crippen LogP contribution >= 0.6 is 0 Å². The van der Waals surface area contributed by atoms with Gasteiger partial charge >= 0.3 is 71.5 Å². The van der Waals surface area contributed by atoms with Gasteiger partial charge in [-0.3, -0.25) is 0 Å². The molecule has 3 radical (unpaired) electrons. The summed E-state index contributed by atoms with van der Waals surface area (Å²) in [7, 11) is 0. The number of amides is 1. The first kappa shape index (κ1) is 7.58. The van der Waals surface area contributed by atoms with E-state index in [9.17, 15) is 4.79 Å². The second-order valence-electron chi connectivity index (χ2n) is 1.63. The zero-order valence-corrected chi connectivity index (χ0v) is 8.10. The number of rotatable bonds is 1. The molecule has 1 aromatic rings. The zero-order chi connectivity index (χ0) is 7.40. The molecule has 0 spiro atoms. The first-order chi connectivity index (χ1) is 4.84. The Balaban J connectivity index is 2.59. The van der Waals surface area contributed by atoms with Crippen LogP contribution in [0.2, 0.25) is 0 Å². The Morgan fingerprint density at radius 3 is 3.10 bits per heavy atom. The molecule has 0 fully saturated rings. The van der Waals surface area contributed by atoms with Crippen molar-refractivity contribution in [2.24, 2.45) is 0 Å². The van der Waals surface area contributed by atoms with Crippen LogP contribution in [0.5, 0.6) is 0 Å². The number of aromatic nitrogens is 2. The Morgan fingerprint density at radius 2 is 2.60 bits per heavy atom. The number of nitrogens with one attached hydrogen (secondary N) is 1. The molecule has 0 saturated carbocycles. The molecule has 5 heteroatoms. The fourth-order valence-corrected chi connectivity index (χ4v) is 0.978. The number of hydrogen-bond acceptors (Lipinski definition) is 2. The van der Waals surface area contributed by atoms with E-state index in [0.29, 0.717) is 0 Å². The van der Waals surface area contributed by atoms with Crippen molar-refractivity contribution in [2.45, 2.75) is 0 Å². The van der Waals surface area contributed by atoms with Gasteiger partial charge in [0, 0.05) is 0 Å². The van der Waals surface area contributed by atoms with Gasteiger partial charge in [-0.05, 0) is 0 Å². The van der Waals surface area contributed by atoms with E-state index in [1.165, 1.54) is 33.4 Å². The van der Waals surface area contributed by atoms with Crippen LogP contribution in [0.4, 0.5) is 4.79 Å². The minimum atomic E-state index is -0.116. The van der Waals surface area contributed by atoms with E-state index in [2.05, 4.69) is 10.3 Å². The Hall–Kier alpha value is -0.521. The molecule has 1 rings (SSSR count). The van der Waals surface area contributed by atoms with E-state index in [-0.39, 0.29) is 6.03 Å². The summed E-state index contributed by atoms with van der Waals surface area (Å²) in [5.41, 5.74) is 0. The van der Waals surface area contributed by atoms with Crippen LogP contribution in [0.3, 0.4) is 0 Å². The number of hydrogen-bond donors (Lipinski definition) is 1. The monoisotopic (exact) mass is 244 g/mol. The van der Waals surface area contributed by atoms with E-state index in [1.807, 2.05) is 0 Å². The standard InChI is InChI=1S/C5H6N3O.Sn/c1-6-5(9)8-3-2-7-4-8;/h2-4H,1H2,(H,6,9);. The first-order valence-electron chi connectivity index (χ1n) is 2.75. The van der Waals surface area contributed by atoms with E-state index >= 15 is 0 Å². The van der Waals surface area contributed by atoms with Crippen molar-refractivity contribution >= 4 is 28.6 Å². The Labute approximate surface area is 71.7 Å². The van der Waals surface area contributed by atoms with E-state index in [4.69, 9.17) is 0 Å². The van der Waals surface area contributed by atoms with Crippen LogP contribution < -0.4 is 5.32 Å². The quantitative estimate of drug-likeness (QED) is 0.680. The van der Waals surface area contributed by atoms with Gasteiger partial charge in [-0.15, -0.1) is 0 Å². The molecule has 0 unspecified atom stereocenters. The third-order valence-electron chi connectivity index (χ3n) is 0.979. The molecule has 0 aliphatic rings. The number of carbonyl (C=O) groups is 1. The topological polar surface area (TPSA) is 46.9 Å². The molecular weight excluding hydrogens is 237 g/mol. The van der Waals surface area contributed by atoms with Crippen LogP contribution in [0.1, 0.15) is 0 Å². The van der Waals surface area contributed by atoms with Gasteiger partial charge in [-0.2, -0.15) is 0 Å². The van der Waals surface area contributed by atoms with Crippen LogP contribution in [-0.2, 0) is 0 Å². The molecular formula is C5H6N3OSn. The van der Waals surface area contributed by atoms with E-state index in [0.717, 1.165) is 4.56 Å². The summed E-state index contributed by atoms with van der Waals surface area (Å²) in [5.74, 6) is 0. The fraction of sp³-hybridized carbons (Fsp3) is 0.200. The summed E-state index contributed by atoms with van der Waals surface area (Å²) in [4.78, 5) is 14.7. The minimum absolute atomic E-state index is 0.116. The van der Waals surface area contributed by atoms with Gasteiger partial charge in [-0.25, -0.2) is 0 Å². The second-order valence-corrected chi connectivity index (χ2v) is 2.64. The first-order valence-corrected chi connectivity index (χ1v) is 4.77. The maximum atomic E-state index is 10.9. The maximum absolute atomic E-state index is 10.9. The van der Waals surface area contributed by atoms with Crippen molar-refractivity contribution in [2.75, 3.05) is 4.56 Å². The summed E-state index contributed by atoms with van der Waals surface area (Å²) in [6, 6.07) is -0.116. The molecule has 1 aromatic heterocycles. The van der Waals surface area contributed by atoms with Crippen molar-refractivity contribution in [1.82, 2.24) is 14.9 Å². The van der Waals surface area contributed by atoms with Gasteiger partial charge in [-0.1, -0.05) is 0 Å². The number of carbonyl (C=O) groups excluding carboxylic acids is 1. The number of imidazole rings is 1. The molecule has 0 atom stereocenters. The molecule has 4 nitrogen and oxygen atoms in total. The summed E-state index contributed by atoms with van der Waals surface area (Å²) in [6.07, 6.45) is 4.66. The molecule has 1 amide bonds. The SMILES string of the molecule is O=C(N[CH2][Sn])n1ccnc1. The molecule has 0 aliphatic heterocycles. The van der Waals surface area contributed by atoms with Gasteiger partial charge in [0.2, 0.25) is 0 Å². The molecule has 1 N–H and O–H groups in total. The predicted molar refractivity (Wildman–Crippen MR) is 36.8 cm³/mol. The molecule has 0 bridgehead atoms. The van der Waals surface area contributed by atoms with Gasteiger partial charge in [0.25, 0.3) is 0 Å². The van der Waals surface area contributed by atoms with Gasteiger partial charge in [0.15, 0.2) is 0 Å². The number of nitrogens with zero attached hydrogens (tertiary/aromatic N) is 2. The predicted octanol–water partition coefficient (Wildman–Crippen LogP) is -0.433. The third-order valence-corrected chi connectivity index (χ3v) is 1.48. The van der Waals surface area contributed by atoms with Crippen molar-refractivity contribution in [3.05, 3.63) is 18.7 Å². The van der Waals surface area contributed by atoms with Crippen molar-refractivity contribution < 1.29 is 4.79 Å². The normalized spacial score (nSPS) is 9.30. The zero-order valence-electron chi connectivity index (χ0n) is 5.24. The van der Waals surface area contributed by atoms with Crippen LogP contribution in [-0.4, -0.2) is 42.7 Å². The Morgan fingerprint density at radius 1 is 1.80 bits per heavy atom. The Bertz CT molecular complexity index is 209. The van der Waals surface area contributed by atoms with Crippen LogP contribution in [0.25, 0.3) is 0 Å². The molecule has 0 saturated heterocycles. The summed E-state index contributed by atoms with van der Waals surface area (Å²) in [5, 5.41) is 2.67. The average molecular weight is 243 g/mol. The third kappa shape index (κ3) is 1.73. The van der Waals surface area contributed by atoms with Crippen molar-refractivity contribution in [1.29, 1.82) is 0 Å². The van der Waals surface area contributed by atoms with E-state index in [1.54, 1.807) is 12.4 Å². The van der Waals surface area contributed by atoms with Gasteiger partial charge in [0.05, 0.1) is 0 Å². The molecule has 10 heavy (non-hydrogen) atoms. The van der Waals surface area contributed by atoms with Gasteiger partial charge < -0.3 is 0 Å². The molecule has 1 heterocycles. The summed E-state index contributed by atoms with van der Waals surface area (Å²) < 4.78 is 2.13. The average Bonchev–Trinajstić information content (AvgIpc) is 2.38. The molecule has 0 aromatic carbocycles. The van der Waals surface area contributed by atoms with Crippen molar-refractivity contribution in [3.8, 4) is 0 Å². The fourth-order valence-electron chi connectivity index (χ4n) is 0.546. The summed E-state index contributed by atoms with van der Waals surface area (Å²) >= 11 is 1.29.